The van der Waals surface area contributed by atoms with Gasteiger partial charge in [-0.05, 0) is 14.0 Å². The van der Waals surface area contributed by atoms with Gasteiger partial charge in [-0.15, -0.1) is 22.7 Å². The molecule has 0 saturated heterocycles. The van der Waals surface area contributed by atoms with E-state index in [0.29, 0.717) is 0 Å². The van der Waals surface area contributed by atoms with Gasteiger partial charge in [0, 0.05) is 11.9 Å². The zero-order chi connectivity index (χ0) is 9.97. The predicted octanol–water partition coefficient (Wildman–Crippen LogP) is 2.29. The molecule has 0 radical (unpaired) electrons. The molecule has 1 N–H and O–H groups in total. The molecule has 0 spiro atoms. The maximum Gasteiger partial charge on any atom is 0.135 e. The first-order chi connectivity index (χ1) is 6.81. The lowest BCUT2D eigenvalue weighted by molar-refractivity contribution is 0.798. The lowest BCUT2D eigenvalue weighted by atomic mass is 10.4. The van der Waals surface area contributed by atoms with Crippen molar-refractivity contribution in [1.29, 1.82) is 0 Å². The minimum Gasteiger partial charge on any atom is -0.314 e. The van der Waals surface area contributed by atoms with Gasteiger partial charge >= 0.3 is 0 Å². The molecule has 0 unspecified atom stereocenters. The fraction of sp³-hybridized carbons (Fsp3) is 0.333. The third kappa shape index (κ3) is 1.84. The molecule has 0 amide bonds. The molecule has 2 aromatic heterocycles. The van der Waals surface area contributed by atoms with E-state index < -0.39 is 0 Å². The molecule has 0 fully saturated rings. The molecular formula is C9H11N3S2. The first kappa shape index (κ1) is 9.76. The highest BCUT2D eigenvalue weighted by Crippen LogP contribution is 2.29. The molecule has 0 aliphatic rings. The van der Waals surface area contributed by atoms with Crippen molar-refractivity contribution in [2.45, 2.75) is 13.5 Å². The summed E-state index contributed by atoms with van der Waals surface area (Å²) in [5.74, 6) is 0. The van der Waals surface area contributed by atoms with E-state index >= 15 is 0 Å². The number of aryl methyl sites for hydroxylation is 1. The third-order valence-electron chi connectivity index (χ3n) is 1.85. The van der Waals surface area contributed by atoms with Crippen LogP contribution < -0.4 is 5.32 Å². The van der Waals surface area contributed by atoms with Crippen LogP contribution in [0.4, 0.5) is 0 Å². The van der Waals surface area contributed by atoms with Crippen LogP contribution in [0.5, 0.6) is 0 Å². The maximum absolute atomic E-state index is 4.53. The van der Waals surface area contributed by atoms with Crippen LogP contribution in [0.2, 0.25) is 0 Å². The molecule has 14 heavy (non-hydrogen) atoms. The van der Waals surface area contributed by atoms with Crippen LogP contribution in [0.25, 0.3) is 9.88 Å². The summed E-state index contributed by atoms with van der Waals surface area (Å²) in [6.07, 6.45) is 0. The first-order valence-electron chi connectivity index (χ1n) is 4.30. The van der Waals surface area contributed by atoms with Gasteiger partial charge in [0.2, 0.25) is 0 Å². The summed E-state index contributed by atoms with van der Waals surface area (Å²) in [7, 11) is 1.93. The summed E-state index contributed by atoms with van der Waals surface area (Å²) in [6.45, 7) is 2.85. The van der Waals surface area contributed by atoms with Gasteiger partial charge in [0.1, 0.15) is 5.01 Å². The van der Waals surface area contributed by atoms with Crippen LogP contribution in [0, 0.1) is 6.92 Å². The topological polar surface area (TPSA) is 37.8 Å². The zero-order valence-corrected chi connectivity index (χ0v) is 9.71. The Labute approximate surface area is 90.9 Å². The lowest BCUT2D eigenvalue weighted by Gasteiger charge is -1.92. The molecule has 0 bridgehead atoms. The lowest BCUT2D eigenvalue weighted by Crippen LogP contribution is -2.04. The van der Waals surface area contributed by atoms with Crippen molar-refractivity contribution in [3.05, 3.63) is 22.3 Å². The number of hydrogen-bond acceptors (Lipinski definition) is 5. The average molecular weight is 225 g/mol. The number of hydrogen-bond donors (Lipinski definition) is 1. The van der Waals surface area contributed by atoms with Gasteiger partial charge in [-0.3, -0.25) is 0 Å². The molecule has 5 heteroatoms. The van der Waals surface area contributed by atoms with Crippen LogP contribution in [0.3, 0.4) is 0 Å². The van der Waals surface area contributed by atoms with Crippen LogP contribution in [-0.4, -0.2) is 17.0 Å². The van der Waals surface area contributed by atoms with Crippen molar-refractivity contribution in [1.82, 2.24) is 15.3 Å². The van der Waals surface area contributed by atoms with E-state index in [-0.39, 0.29) is 0 Å². The van der Waals surface area contributed by atoms with Gasteiger partial charge in [-0.25, -0.2) is 9.97 Å². The van der Waals surface area contributed by atoms with Gasteiger partial charge < -0.3 is 5.32 Å². The number of nitrogens with zero attached hydrogens (tertiary/aromatic N) is 2. The van der Waals surface area contributed by atoms with Crippen LogP contribution in [0.1, 0.15) is 11.4 Å². The minimum absolute atomic E-state index is 0.828. The predicted molar refractivity (Wildman–Crippen MR) is 60.7 cm³/mol. The largest absolute Gasteiger partial charge is 0.314 e. The fourth-order valence-corrected chi connectivity index (χ4v) is 2.96. The average Bonchev–Trinajstić information content (AvgIpc) is 2.74. The maximum atomic E-state index is 4.53. The molecule has 74 valence electrons. The summed E-state index contributed by atoms with van der Waals surface area (Å²) < 4.78 is 0. The van der Waals surface area contributed by atoms with E-state index in [0.717, 1.165) is 22.9 Å². The Kier molecular flexibility index (Phi) is 2.90. The highest BCUT2D eigenvalue weighted by atomic mass is 32.1. The smallest absolute Gasteiger partial charge is 0.135 e. The zero-order valence-electron chi connectivity index (χ0n) is 8.07. The van der Waals surface area contributed by atoms with Crippen molar-refractivity contribution < 1.29 is 0 Å². The van der Waals surface area contributed by atoms with Crippen LogP contribution in [0.15, 0.2) is 10.9 Å². The molecule has 0 aromatic carbocycles. The van der Waals surface area contributed by atoms with Gasteiger partial charge in [0.05, 0.1) is 21.8 Å². The van der Waals surface area contributed by atoms with E-state index in [1.807, 2.05) is 19.5 Å². The first-order valence-corrected chi connectivity index (χ1v) is 6.06. The van der Waals surface area contributed by atoms with E-state index in [2.05, 4.69) is 20.7 Å². The van der Waals surface area contributed by atoms with Gasteiger partial charge in [-0.1, -0.05) is 0 Å². The standard InChI is InChI=1S/C9H11N3S2/c1-6-8(14-5-11-6)9-12-7(3-10-2)4-13-9/h4-5,10H,3H2,1-2H3. The monoisotopic (exact) mass is 225 g/mol. The number of thiazole rings is 2. The number of rotatable bonds is 3. The molecule has 2 rings (SSSR count). The van der Waals surface area contributed by atoms with Gasteiger partial charge in [0.15, 0.2) is 0 Å². The Morgan fingerprint density at radius 1 is 1.43 bits per heavy atom. The normalized spacial score (nSPS) is 10.7. The molecular weight excluding hydrogens is 214 g/mol. The van der Waals surface area contributed by atoms with E-state index in [4.69, 9.17) is 0 Å². The second-order valence-electron chi connectivity index (χ2n) is 2.94. The Balaban J connectivity index is 2.29. The fourth-order valence-electron chi connectivity index (χ4n) is 1.18. The summed E-state index contributed by atoms with van der Waals surface area (Å²) >= 11 is 3.33. The molecule has 0 atom stereocenters. The van der Waals surface area contributed by atoms with E-state index in [9.17, 15) is 0 Å². The van der Waals surface area contributed by atoms with Crippen molar-refractivity contribution in [2.24, 2.45) is 0 Å². The summed E-state index contributed by atoms with van der Waals surface area (Å²) in [5.41, 5.74) is 4.03. The minimum atomic E-state index is 0.828. The van der Waals surface area contributed by atoms with Gasteiger partial charge in [0.25, 0.3) is 0 Å². The molecule has 0 aliphatic heterocycles. The van der Waals surface area contributed by atoms with Gasteiger partial charge in [-0.2, -0.15) is 0 Å². The molecule has 3 nitrogen and oxygen atoms in total. The quantitative estimate of drug-likeness (QED) is 0.871. The summed E-state index contributed by atoms with van der Waals surface area (Å²) in [6, 6.07) is 0. The van der Waals surface area contributed by atoms with Crippen LogP contribution in [-0.2, 0) is 6.54 Å². The molecule has 0 saturated carbocycles. The van der Waals surface area contributed by atoms with E-state index in [1.165, 1.54) is 4.88 Å². The summed E-state index contributed by atoms with van der Waals surface area (Å²) in [4.78, 5) is 9.94. The Morgan fingerprint density at radius 2 is 2.29 bits per heavy atom. The number of nitrogens with one attached hydrogen (secondary N) is 1. The Hall–Kier alpha value is -0.780. The second-order valence-corrected chi connectivity index (χ2v) is 4.65. The van der Waals surface area contributed by atoms with E-state index in [1.54, 1.807) is 22.7 Å². The van der Waals surface area contributed by atoms with Crippen molar-refractivity contribution >= 4 is 22.7 Å². The Bertz CT molecular complexity index is 419. The second kappa shape index (κ2) is 4.16. The molecule has 0 aliphatic carbocycles. The third-order valence-corrected chi connectivity index (χ3v) is 3.82. The molecule has 2 heterocycles. The SMILES string of the molecule is CNCc1csc(-c2scnc2C)n1. The van der Waals surface area contributed by atoms with Crippen LogP contribution >= 0.6 is 22.7 Å². The van der Waals surface area contributed by atoms with Crippen molar-refractivity contribution in [3.8, 4) is 9.88 Å². The highest BCUT2D eigenvalue weighted by molar-refractivity contribution is 7.20. The highest BCUT2D eigenvalue weighted by Gasteiger charge is 2.08. The van der Waals surface area contributed by atoms with Crippen molar-refractivity contribution in [2.75, 3.05) is 7.05 Å². The Morgan fingerprint density at radius 3 is 2.93 bits per heavy atom. The van der Waals surface area contributed by atoms with Crippen molar-refractivity contribution in [3.63, 3.8) is 0 Å². The molecule has 2 aromatic rings. The number of aromatic nitrogens is 2. The summed E-state index contributed by atoms with van der Waals surface area (Å²) in [5, 5.41) is 6.26.